The molecule has 0 radical (unpaired) electrons. The average Bonchev–Trinajstić information content (AvgIpc) is 3.22. The zero-order valence-corrected chi connectivity index (χ0v) is 15.9. The zero-order valence-electron chi connectivity index (χ0n) is 15.9. The molecule has 0 atom stereocenters. The normalized spacial score (nSPS) is 19.9. The van der Waals surface area contributed by atoms with E-state index in [1.165, 1.54) is 0 Å². The molecule has 29 heavy (non-hydrogen) atoms. The monoisotopic (exact) mass is 398 g/mol. The lowest BCUT2D eigenvalue weighted by Crippen LogP contribution is -2.47. The molecule has 5 rings (SSSR count). The number of amides is 1. The Kier molecular flexibility index (Phi) is 4.69. The summed E-state index contributed by atoms with van der Waals surface area (Å²) in [6.45, 7) is 3.46. The van der Waals surface area contributed by atoms with Crippen LogP contribution in [-0.4, -0.2) is 66.1 Å². The quantitative estimate of drug-likeness (QED) is 0.839. The Morgan fingerprint density at radius 2 is 1.76 bits per heavy atom. The standard InChI is InChI=1S/C20H22N4O5/c25-18(24-7-4-20(5-8-24)28-11-12-29-20)15-3-6-21-19(23-15)22-14-1-2-16-17(13-14)27-10-9-26-16/h1-3,6,13H,4-5,7-12H2,(H,21,22,23). The number of fused-ring (bicyclic) bond motifs is 1. The predicted octanol–water partition coefficient (Wildman–Crippen LogP) is 1.97. The molecule has 1 aromatic heterocycles. The lowest BCUT2D eigenvalue weighted by atomic mass is 10.0. The number of hydrogen-bond donors (Lipinski definition) is 1. The molecule has 0 saturated carbocycles. The maximum absolute atomic E-state index is 12.9. The molecule has 4 heterocycles. The largest absolute Gasteiger partial charge is 0.486 e. The number of aromatic nitrogens is 2. The number of nitrogens with zero attached hydrogens (tertiary/aromatic N) is 3. The Balaban J connectivity index is 1.26. The van der Waals surface area contributed by atoms with Gasteiger partial charge in [-0.25, -0.2) is 9.97 Å². The molecule has 1 N–H and O–H groups in total. The summed E-state index contributed by atoms with van der Waals surface area (Å²) >= 11 is 0. The molecule has 9 heteroatoms. The molecular formula is C20H22N4O5. The molecule has 0 bridgehead atoms. The molecule has 2 aromatic rings. The summed E-state index contributed by atoms with van der Waals surface area (Å²) in [6, 6.07) is 7.15. The van der Waals surface area contributed by atoms with E-state index in [4.69, 9.17) is 18.9 Å². The van der Waals surface area contributed by atoms with Crippen molar-refractivity contribution in [1.82, 2.24) is 14.9 Å². The van der Waals surface area contributed by atoms with Gasteiger partial charge in [-0.2, -0.15) is 0 Å². The number of ether oxygens (including phenoxy) is 4. The number of benzene rings is 1. The summed E-state index contributed by atoms with van der Waals surface area (Å²) in [7, 11) is 0. The van der Waals surface area contributed by atoms with Gasteiger partial charge in [0, 0.05) is 43.9 Å². The molecule has 3 aliphatic rings. The van der Waals surface area contributed by atoms with Gasteiger partial charge >= 0.3 is 0 Å². The minimum Gasteiger partial charge on any atom is -0.486 e. The summed E-state index contributed by atoms with van der Waals surface area (Å²) < 4.78 is 22.6. The van der Waals surface area contributed by atoms with Crippen molar-refractivity contribution in [3.05, 3.63) is 36.2 Å². The highest BCUT2D eigenvalue weighted by atomic mass is 16.7. The molecule has 1 spiro atoms. The highest BCUT2D eigenvalue weighted by molar-refractivity contribution is 5.92. The highest BCUT2D eigenvalue weighted by Crippen LogP contribution is 2.34. The number of likely N-dealkylation sites (tertiary alicyclic amines) is 1. The Hall–Kier alpha value is -2.91. The first-order valence-corrected chi connectivity index (χ1v) is 9.78. The Morgan fingerprint density at radius 1 is 1.00 bits per heavy atom. The van der Waals surface area contributed by atoms with Crippen molar-refractivity contribution >= 4 is 17.5 Å². The van der Waals surface area contributed by atoms with E-state index in [0.29, 0.717) is 75.5 Å². The zero-order chi connectivity index (χ0) is 19.7. The first-order chi connectivity index (χ1) is 14.2. The van der Waals surface area contributed by atoms with Crippen molar-refractivity contribution in [1.29, 1.82) is 0 Å². The third-order valence-corrected chi connectivity index (χ3v) is 5.30. The second kappa shape index (κ2) is 7.49. The third-order valence-electron chi connectivity index (χ3n) is 5.30. The second-order valence-electron chi connectivity index (χ2n) is 7.15. The van der Waals surface area contributed by atoms with E-state index in [1.54, 1.807) is 17.2 Å². The molecular weight excluding hydrogens is 376 g/mol. The molecule has 1 amide bonds. The summed E-state index contributed by atoms with van der Waals surface area (Å²) in [5.74, 6) is 1.11. The SMILES string of the molecule is O=C(c1ccnc(Nc2ccc3c(c2)OCCO3)n1)N1CCC2(CC1)OCCO2. The van der Waals surface area contributed by atoms with E-state index in [0.717, 1.165) is 5.69 Å². The van der Waals surface area contributed by atoms with Crippen LogP contribution in [0.15, 0.2) is 30.5 Å². The second-order valence-corrected chi connectivity index (χ2v) is 7.15. The van der Waals surface area contributed by atoms with Crippen LogP contribution in [0.3, 0.4) is 0 Å². The smallest absolute Gasteiger partial charge is 0.272 e. The maximum Gasteiger partial charge on any atom is 0.272 e. The molecule has 1 aromatic carbocycles. The van der Waals surface area contributed by atoms with Crippen molar-refractivity contribution in [2.45, 2.75) is 18.6 Å². The fourth-order valence-electron chi connectivity index (χ4n) is 3.79. The first kappa shape index (κ1) is 18.1. The van der Waals surface area contributed by atoms with Gasteiger partial charge in [-0.3, -0.25) is 4.79 Å². The van der Waals surface area contributed by atoms with Crippen molar-refractivity contribution in [3.8, 4) is 11.5 Å². The summed E-state index contributed by atoms with van der Waals surface area (Å²) in [4.78, 5) is 23.3. The lowest BCUT2D eigenvalue weighted by molar-refractivity contribution is -0.181. The van der Waals surface area contributed by atoms with E-state index < -0.39 is 5.79 Å². The van der Waals surface area contributed by atoms with Gasteiger partial charge < -0.3 is 29.2 Å². The molecule has 0 aliphatic carbocycles. The van der Waals surface area contributed by atoms with Crippen LogP contribution in [0.1, 0.15) is 23.3 Å². The van der Waals surface area contributed by atoms with Crippen LogP contribution in [0.25, 0.3) is 0 Å². The van der Waals surface area contributed by atoms with Crippen LogP contribution in [-0.2, 0) is 9.47 Å². The van der Waals surface area contributed by atoms with Gasteiger partial charge in [-0.1, -0.05) is 0 Å². The van der Waals surface area contributed by atoms with Crippen LogP contribution in [0.5, 0.6) is 11.5 Å². The number of carbonyl (C=O) groups excluding carboxylic acids is 1. The molecule has 2 fully saturated rings. The number of rotatable bonds is 3. The van der Waals surface area contributed by atoms with Crippen molar-refractivity contribution < 1.29 is 23.7 Å². The highest BCUT2D eigenvalue weighted by Gasteiger charge is 2.41. The van der Waals surface area contributed by atoms with Gasteiger partial charge in [-0.15, -0.1) is 0 Å². The van der Waals surface area contributed by atoms with E-state index >= 15 is 0 Å². The summed E-state index contributed by atoms with van der Waals surface area (Å²) in [5, 5.41) is 3.12. The molecule has 9 nitrogen and oxygen atoms in total. The fraction of sp³-hybridized carbons (Fsp3) is 0.450. The third kappa shape index (κ3) is 3.70. The van der Waals surface area contributed by atoms with Gasteiger partial charge in [-0.05, 0) is 18.2 Å². The van der Waals surface area contributed by atoms with E-state index in [9.17, 15) is 4.79 Å². The van der Waals surface area contributed by atoms with Gasteiger partial charge in [0.1, 0.15) is 18.9 Å². The van der Waals surface area contributed by atoms with Crippen molar-refractivity contribution in [3.63, 3.8) is 0 Å². The Labute approximate surface area is 167 Å². The maximum atomic E-state index is 12.9. The Morgan fingerprint density at radius 3 is 2.55 bits per heavy atom. The minimum atomic E-state index is -0.507. The molecule has 3 aliphatic heterocycles. The van der Waals surface area contributed by atoms with Crippen LogP contribution in [0, 0.1) is 0 Å². The van der Waals surface area contributed by atoms with Crippen molar-refractivity contribution in [2.24, 2.45) is 0 Å². The molecule has 2 saturated heterocycles. The first-order valence-electron chi connectivity index (χ1n) is 9.78. The topological polar surface area (TPSA) is 95.0 Å². The van der Waals surface area contributed by atoms with Gasteiger partial charge in [0.15, 0.2) is 17.3 Å². The van der Waals surface area contributed by atoms with E-state index in [-0.39, 0.29) is 5.91 Å². The number of piperidine rings is 1. The Bertz CT molecular complexity index is 905. The van der Waals surface area contributed by atoms with Crippen LogP contribution < -0.4 is 14.8 Å². The van der Waals surface area contributed by atoms with Gasteiger partial charge in [0.25, 0.3) is 5.91 Å². The summed E-state index contributed by atoms with van der Waals surface area (Å²) in [5.41, 5.74) is 1.11. The minimum absolute atomic E-state index is 0.120. The van der Waals surface area contributed by atoms with Crippen molar-refractivity contribution in [2.75, 3.05) is 44.8 Å². The molecule has 152 valence electrons. The number of nitrogens with one attached hydrogen (secondary N) is 1. The van der Waals surface area contributed by atoms with Gasteiger partial charge in [0.05, 0.1) is 13.2 Å². The molecule has 0 unspecified atom stereocenters. The average molecular weight is 398 g/mol. The van der Waals surface area contributed by atoms with Crippen LogP contribution in [0.4, 0.5) is 11.6 Å². The number of carbonyl (C=O) groups is 1. The summed E-state index contributed by atoms with van der Waals surface area (Å²) in [6.07, 6.45) is 2.92. The van der Waals surface area contributed by atoms with E-state index in [1.807, 2.05) is 18.2 Å². The number of anilines is 2. The number of hydrogen-bond acceptors (Lipinski definition) is 8. The fourth-order valence-corrected chi connectivity index (χ4v) is 3.79. The predicted molar refractivity (Wildman–Crippen MR) is 103 cm³/mol. The van der Waals surface area contributed by atoms with Crippen LogP contribution >= 0.6 is 0 Å². The van der Waals surface area contributed by atoms with Crippen LogP contribution in [0.2, 0.25) is 0 Å². The van der Waals surface area contributed by atoms with Gasteiger partial charge in [0.2, 0.25) is 5.95 Å². The van der Waals surface area contributed by atoms with E-state index in [2.05, 4.69) is 15.3 Å². The lowest BCUT2D eigenvalue weighted by Gasteiger charge is -2.37.